The van der Waals surface area contributed by atoms with Gasteiger partial charge in [-0.1, -0.05) is 5.10 Å². The molecule has 4 nitrogen and oxygen atoms in total. The summed E-state index contributed by atoms with van der Waals surface area (Å²) in [5.74, 6) is 1.93. The monoisotopic (exact) mass is 229 g/mol. The highest BCUT2D eigenvalue weighted by atomic mass is 35.5. The second-order valence-corrected chi connectivity index (χ2v) is 4.48. The Balaban J connectivity index is 2.00. The van der Waals surface area contributed by atoms with Crippen molar-refractivity contribution < 1.29 is 4.42 Å². The molecule has 0 amide bonds. The van der Waals surface area contributed by atoms with E-state index in [9.17, 15) is 0 Å². The summed E-state index contributed by atoms with van der Waals surface area (Å²) in [6, 6.07) is 1.09. The predicted octanol–water partition coefficient (Wildman–Crippen LogP) is 2.09. The Morgan fingerprint density at radius 1 is 1.53 bits per heavy atom. The second-order valence-electron chi connectivity index (χ2n) is 4.11. The molecule has 0 aliphatic heterocycles. The van der Waals surface area contributed by atoms with Gasteiger partial charge in [-0.05, 0) is 25.7 Å². The van der Waals surface area contributed by atoms with E-state index in [1.165, 1.54) is 12.8 Å². The summed E-state index contributed by atoms with van der Waals surface area (Å²) in [5.41, 5.74) is 0. The zero-order chi connectivity index (χ0) is 10.8. The molecule has 1 aromatic rings. The zero-order valence-corrected chi connectivity index (χ0v) is 9.87. The molecule has 0 saturated heterocycles. The highest BCUT2D eigenvalue weighted by Crippen LogP contribution is 2.35. The van der Waals surface area contributed by atoms with Crippen molar-refractivity contribution in [1.82, 2.24) is 10.2 Å². The third-order valence-corrected chi connectivity index (χ3v) is 3.17. The van der Waals surface area contributed by atoms with Crippen LogP contribution in [0.5, 0.6) is 0 Å². The molecule has 15 heavy (non-hydrogen) atoms. The molecule has 1 fully saturated rings. The number of halogens is 1. The lowest BCUT2D eigenvalue weighted by Crippen LogP contribution is -2.30. The van der Waals surface area contributed by atoms with Crippen molar-refractivity contribution in [2.45, 2.75) is 32.2 Å². The van der Waals surface area contributed by atoms with Gasteiger partial charge in [-0.3, -0.25) is 0 Å². The standard InChI is InChI=1S/C10H16ClN3O/c1-7(8-3-4-8)14(2)10-13-12-9(15-10)5-6-11/h7-8H,3-6H2,1-2H3. The number of hydrogen-bond donors (Lipinski definition) is 0. The van der Waals surface area contributed by atoms with E-state index in [1.54, 1.807) is 0 Å². The first kappa shape index (κ1) is 10.7. The lowest BCUT2D eigenvalue weighted by atomic mass is 10.2. The summed E-state index contributed by atoms with van der Waals surface area (Å²) in [6.07, 6.45) is 3.27. The SMILES string of the molecule is CC(C1CC1)N(C)c1nnc(CCCl)o1. The van der Waals surface area contributed by atoms with E-state index in [2.05, 4.69) is 22.0 Å². The van der Waals surface area contributed by atoms with Crippen LogP contribution in [-0.4, -0.2) is 29.2 Å². The van der Waals surface area contributed by atoms with Crippen molar-refractivity contribution in [3.63, 3.8) is 0 Å². The molecule has 0 radical (unpaired) electrons. The number of hydrogen-bond acceptors (Lipinski definition) is 4. The van der Waals surface area contributed by atoms with Crippen LogP contribution in [0.15, 0.2) is 4.42 Å². The van der Waals surface area contributed by atoms with Crippen LogP contribution in [0.1, 0.15) is 25.7 Å². The zero-order valence-electron chi connectivity index (χ0n) is 9.11. The maximum atomic E-state index is 5.61. The van der Waals surface area contributed by atoms with Crippen LogP contribution in [0.25, 0.3) is 0 Å². The van der Waals surface area contributed by atoms with Crippen LogP contribution in [0.3, 0.4) is 0 Å². The van der Waals surface area contributed by atoms with Gasteiger partial charge in [0.05, 0.1) is 0 Å². The van der Waals surface area contributed by atoms with Crippen LogP contribution in [-0.2, 0) is 6.42 Å². The van der Waals surface area contributed by atoms with Crippen LogP contribution >= 0.6 is 11.6 Å². The minimum absolute atomic E-state index is 0.481. The van der Waals surface area contributed by atoms with Gasteiger partial charge in [-0.2, -0.15) is 0 Å². The van der Waals surface area contributed by atoms with E-state index in [0.717, 1.165) is 5.92 Å². The average molecular weight is 230 g/mol. The van der Waals surface area contributed by atoms with E-state index in [4.69, 9.17) is 16.0 Å². The van der Waals surface area contributed by atoms with Crippen molar-refractivity contribution in [2.24, 2.45) is 5.92 Å². The van der Waals surface area contributed by atoms with E-state index in [0.29, 0.717) is 30.2 Å². The lowest BCUT2D eigenvalue weighted by molar-refractivity contribution is 0.470. The lowest BCUT2D eigenvalue weighted by Gasteiger charge is -2.21. The number of nitrogens with zero attached hydrogens (tertiary/aromatic N) is 3. The van der Waals surface area contributed by atoms with Gasteiger partial charge < -0.3 is 9.32 Å². The van der Waals surface area contributed by atoms with Crippen molar-refractivity contribution in [2.75, 3.05) is 17.8 Å². The summed E-state index contributed by atoms with van der Waals surface area (Å²) < 4.78 is 5.50. The minimum atomic E-state index is 0.481. The fourth-order valence-electron chi connectivity index (χ4n) is 1.64. The normalized spacial score (nSPS) is 17.8. The van der Waals surface area contributed by atoms with Gasteiger partial charge in [-0.25, -0.2) is 0 Å². The summed E-state index contributed by atoms with van der Waals surface area (Å²) in [7, 11) is 2.00. The number of aryl methyl sites for hydroxylation is 1. The third kappa shape index (κ3) is 2.43. The third-order valence-electron chi connectivity index (χ3n) is 2.98. The van der Waals surface area contributed by atoms with Crippen LogP contribution in [0, 0.1) is 5.92 Å². The molecule has 0 N–H and O–H groups in total. The second kappa shape index (κ2) is 4.39. The molecule has 1 saturated carbocycles. The number of aromatic nitrogens is 2. The summed E-state index contributed by atoms with van der Waals surface area (Å²) in [6.45, 7) is 2.20. The van der Waals surface area contributed by atoms with Gasteiger partial charge in [0.15, 0.2) is 0 Å². The highest BCUT2D eigenvalue weighted by Gasteiger charge is 2.32. The average Bonchev–Trinajstić information content (AvgIpc) is 2.98. The van der Waals surface area contributed by atoms with Gasteiger partial charge >= 0.3 is 6.01 Å². The Hall–Kier alpha value is -0.770. The van der Waals surface area contributed by atoms with E-state index >= 15 is 0 Å². The molecule has 1 aromatic heterocycles. The first-order valence-electron chi connectivity index (χ1n) is 5.33. The molecule has 1 heterocycles. The smallest absolute Gasteiger partial charge is 0.318 e. The Kier molecular flexibility index (Phi) is 3.14. The maximum absolute atomic E-state index is 5.61. The van der Waals surface area contributed by atoms with Crippen molar-refractivity contribution >= 4 is 17.6 Å². The summed E-state index contributed by atoms with van der Waals surface area (Å²) in [5, 5.41) is 7.96. The Bertz CT molecular complexity index is 324. The minimum Gasteiger partial charge on any atom is -0.408 e. The molecular weight excluding hydrogens is 214 g/mol. The molecule has 1 unspecified atom stereocenters. The Morgan fingerprint density at radius 2 is 2.27 bits per heavy atom. The molecule has 84 valence electrons. The Morgan fingerprint density at radius 3 is 2.87 bits per heavy atom. The van der Waals surface area contributed by atoms with Gasteiger partial charge in [0.1, 0.15) is 0 Å². The van der Waals surface area contributed by atoms with Crippen molar-refractivity contribution in [1.29, 1.82) is 0 Å². The van der Waals surface area contributed by atoms with Crippen LogP contribution in [0.4, 0.5) is 6.01 Å². The number of alkyl halides is 1. The van der Waals surface area contributed by atoms with Crippen molar-refractivity contribution in [3.05, 3.63) is 5.89 Å². The fraction of sp³-hybridized carbons (Fsp3) is 0.800. The highest BCUT2D eigenvalue weighted by molar-refractivity contribution is 6.17. The molecule has 2 rings (SSSR count). The largest absolute Gasteiger partial charge is 0.408 e. The topological polar surface area (TPSA) is 42.2 Å². The van der Waals surface area contributed by atoms with E-state index in [1.807, 2.05) is 7.05 Å². The fourth-order valence-corrected chi connectivity index (χ4v) is 1.80. The van der Waals surface area contributed by atoms with E-state index in [-0.39, 0.29) is 0 Å². The molecule has 1 aliphatic rings. The van der Waals surface area contributed by atoms with Gasteiger partial charge in [0, 0.05) is 25.4 Å². The molecule has 5 heteroatoms. The maximum Gasteiger partial charge on any atom is 0.318 e. The van der Waals surface area contributed by atoms with Crippen LogP contribution in [0.2, 0.25) is 0 Å². The first-order chi connectivity index (χ1) is 7.22. The molecule has 0 aromatic carbocycles. The molecular formula is C10H16ClN3O. The summed E-state index contributed by atoms with van der Waals surface area (Å²) >= 11 is 5.61. The molecule has 1 atom stereocenters. The Labute approximate surface area is 94.6 Å². The van der Waals surface area contributed by atoms with Crippen molar-refractivity contribution in [3.8, 4) is 0 Å². The van der Waals surface area contributed by atoms with Gasteiger partial charge in [0.25, 0.3) is 0 Å². The number of rotatable bonds is 5. The quantitative estimate of drug-likeness (QED) is 0.725. The van der Waals surface area contributed by atoms with Crippen LogP contribution < -0.4 is 4.90 Å². The van der Waals surface area contributed by atoms with Gasteiger partial charge in [0.2, 0.25) is 5.89 Å². The molecule has 0 bridgehead atoms. The summed E-state index contributed by atoms with van der Waals surface area (Å²) in [4.78, 5) is 2.06. The predicted molar refractivity (Wildman–Crippen MR) is 59.3 cm³/mol. The number of anilines is 1. The molecule has 0 spiro atoms. The first-order valence-corrected chi connectivity index (χ1v) is 5.87. The van der Waals surface area contributed by atoms with E-state index < -0.39 is 0 Å². The van der Waals surface area contributed by atoms with Gasteiger partial charge in [-0.15, -0.1) is 16.7 Å². The molecule has 1 aliphatic carbocycles.